The summed E-state index contributed by atoms with van der Waals surface area (Å²) in [5, 5.41) is 3.95. The summed E-state index contributed by atoms with van der Waals surface area (Å²) in [5.74, 6) is -0.00605. The van der Waals surface area contributed by atoms with E-state index in [1.807, 2.05) is 12.1 Å². The van der Waals surface area contributed by atoms with Crippen LogP contribution in [0.2, 0.25) is 0 Å². The molecule has 7 heteroatoms. The zero-order valence-corrected chi connectivity index (χ0v) is 16.1. The van der Waals surface area contributed by atoms with Gasteiger partial charge in [0.15, 0.2) is 0 Å². The van der Waals surface area contributed by atoms with E-state index in [4.69, 9.17) is 0 Å². The zero-order valence-electron chi connectivity index (χ0n) is 15.3. The van der Waals surface area contributed by atoms with Crippen molar-refractivity contribution in [3.8, 4) is 0 Å². The van der Waals surface area contributed by atoms with Gasteiger partial charge in [0.2, 0.25) is 15.9 Å². The highest BCUT2D eigenvalue weighted by Crippen LogP contribution is 2.28. The smallest absolute Gasteiger partial charge is 0.245 e. The van der Waals surface area contributed by atoms with Crippen LogP contribution in [0.25, 0.3) is 10.9 Å². The third-order valence-corrected chi connectivity index (χ3v) is 7.67. The second kappa shape index (κ2) is 7.56. The second-order valence-electron chi connectivity index (χ2n) is 7.50. The molecule has 1 saturated carbocycles. The van der Waals surface area contributed by atoms with Crippen molar-refractivity contribution in [1.29, 1.82) is 0 Å². The summed E-state index contributed by atoms with van der Waals surface area (Å²) in [5.41, 5.74) is 0.501. The molecule has 1 aromatic heterocycles. The first kappa shape index (κ1) is 18.4. The maximum atomic E-state index is 13.1. The van der Waals surface area contributed by atoms with Crippen molar-refractivity contribution < 1.29 is 13.2 Å². The average Bonchev–Trinajstić information content (AvgIpc) is 3.20. The molecule has 1 aliphatic carbocycles. The lowest BCUT2D eigenvalue weighted by molar-refractivity contribution is -0.126. The molecule has 1 aromatic carbocycles. The Morgan fingerprint density at radius 3 is 2.48 bits per heavy atom. The monoisotopic (exact) mass is 387 g/mol. The molecule has 2 fully saturated rings. The highest BCUT2D eigenvalue weighted by Gasteiger charge is 2.33. The largest absolute Gasteiger partial charge is 0.353 e. The molecule has 1 amide bonds. The lowest BCUT2D eigenvalue weighted by Crippen LogP contribution is -2.44. The Hall–Kier alpha value is -1.99. The highest BCUT2D eigenvalue weighted by molar-refractivity contribution is 7.89. The molecular formula is C20H25N3O3S. The van der Waals surface area contributed by atoms with Crippen molar-refractivity contribution in [3.05, 3.63) is 36.5 Å². The molecule has 0 bridgehead atoms. The van der Waals surface area contributed by atoms with Gasteiger partial charge in [0.1, 0.15) is 4.90 Å². The van der Waals surface area contributed by atoms with Gasteiger partial charge in [0, 0.05) is 36.6 Å². The van der Waals surface area contributed by atoms with Gasteiger partial charge in [-0.25, -0.2) is 8.42 Å². The normalized spacial score (nSPS) is 20.1. The number of nitrogens with one attached hydrogen (secondary N) is 1. The Labute approximate surface area is 160 Å². The van der Waals surface area contributed by atoms with E-state index in [1.54, 1.807) is 24.4 Å². The third-order valence-electron chi connectivity index (χ3n) is 5.74. The average molecular weight is 388 g/mol. The minimum atomic E-state index is -3.62. The van der Waals surface area contributed by atoms with E-state index in [0.717, 1.165) is 18.2 Å². The lowest BCUT2D eigenvalue weighted by atomic mass is 9.97. The van der Waals surface area contributed by atoms with Crippen molar-refractivity contribution >= 4 is 26.8 Å². The van der Waals surface area contributed by atoms with Gasteiger partial charge in [0.05, 0.1) is 5.52 Å². The molecule has 1 aliphatic heterocycles. The van der Waals surface area contributed by atoms with Crippen LogP contribution in [0.4, 0.5) is 0 Å². The highest BCUT2D eigenvalue weighted by atomic mass is 32.2. The van der Waals surface area contributed by atoms with Gasteiger partial charge in [-0.2, -0.15) is 4.31 Å². The molecule has 4 rings (SSSR count). The molecule has 1 N–H and O–H groups in total. The van der Waals surface area contributed by atoms with E-state index in [2.05, 4.69) is 10.3 Å². The fraction of sp³-hybridized carbons (Fsp3) is 0.500. The summed E-state index contributed by atoms with van der Waals surface area (Å²) in [7, 11) is -3.62. The van der Waals surface area contributed by atoms with E-state index in [0.29, 0.717) is 37.5 Å². The lowest BCUT2D eigenvalue weighted by Gasteiger charge is -2.31. The van der Waals surface area contributed by atoms with Crippen LogP contribution < -0.4 is 5.32 Å². The van der Waals surface area contributed by atoms with E-state index < -0.39 is 10.0 Å². The number of rotatable bonds is 4. The Balaban J connectivity index is 1.46. The number of benzene rings is 1. The molecule has 2 aromatic rings. The van der Waals surface area contributed by atoms with Gasteiger partial charge in [-0.1, -0.05) is 31.0 Å². The Kier molecular flexibility index (Phi) is 5.14. The number of carbonyl (C=O) groups excluding carboxylic acids is 1. The number of hydrogen-bond acceptors (Lipinski definition) is 4. The van der Waals surface area contributed by atoms with Crippen molar-refractivity contribution in [2.75, 3.05) is 13.1 Å². The predicted octanol–water partition coefficient (Wildman–Crippen LogP) is 2.69. The van der Waals surface area contributed by atoms with Crippen LogP contribution >= 0.6 is 0 Å². The first-order valence-electron chi connectivity index (χ1n) is 9.70. The van der Waals surface area contributed by atoms with Crippen LogP contribution in [-0.4, -0.2) is 42.7 Å². The fourth-order valence-electron chi connectivity index (χ4n) is 4.17. The van der Waals surface area contributed by atoms with Crippen LogP contribution in [0.1, 0.15) is 38.5 Å². The molecular weight excluding hydrogens is 362 g/mol. The molecule has 6 nitrogen and oxygen atoms in total. The van der Waals surface area contributed by atoms with Gasteiger partial charge in [0.25, 0.3) is 0 Å². The van der Waals surface area contributed by atoms with Crippen molar-refractivity contribution in [2.24, 2.45) is 5.92 Å². The van der Waals surface area contributed by atoms with E-state index in [9.17, 15) is 13.2 Å². The number of sulfonamides is 1. The number of fused-ring (bicyclic) bond motifs is 1. The Bertz CT molecular complexity index is 925. The van der Waals surface area contributed by atoms with Gasteiger partial charge in [-0.05, 0) is 37.8 Å². The number of para-hydroxylation sites is 1. The first-order chi connectivity index (χ1) is 13.1. The molecule has 27 heavy (non-hydrogen) atoms. The fourth-order valence-corrected chi connectivity index (χ4v) is 5.81. The van der Waals surface area contributed by atoms with Crippen LogP contribution in [0.5, 0.6) is 0 Å². The van der Waals surface area contributed by atoms with Gasteiger partial charge < -0.3 is 5.32 Å². The molecule has 144 valence electrons. The van der Waals surface area contributed by atoms with Crippen LogP contribution in [0.15, 0.2) is 41.4 Å². The van der Waals surface area contributed by atoms with Gasteiger partial charge >= 0.3 is 0 Å². The maximum Gasteiger partial charge on any atom is 0.245 e. The summed E-state index contributed by atoms with van der Waals surface area (Å²) in [6.45, 7) is 0.739. The number of nitrogens with zero attached hydrogens (tertiary/aromatic N) is 2. The number of hydrogen-bond donors (Lipinski definition) is 1. The number of amides is 1. The zero-order chi connectivity index (χ0) is 18.9. The minimum absolute atomic E-state index is 0.0887. The molecule has 0 radical (unpaired) electrons. The summed E-state index contributed by atoms with van der Waals surface area (Å²) in [6.07, 6.45) is 7.23. The second-order valence-corrected chi connectivity index (χ2v) is 9.41. The third kappa shape index (κ3) is 3.71. The van der Waals surface area contributed by atoms with Crippen LogP contribution in [0, 0.1) is 5.92 Å². The molecule has 0 unspecified atom stereocenters. The Morgan fingerprint density at radius 2 is 1.74 bits per heavy atom. The van der Waals surface area contributed by atoms with Crippen molar-refractivity contribution in [2.45, 2.75) is 49.5 Å². The number of pyridine rings is 1. The SMILES string of the molecule is O=C(NC1CCCC1)C1CCN(S(=O)(=O)c2cccc3cccnc23)CC1. The van der Waals surface area contributed by atoms with E-state index in [-0.39, 0.29) is 16.7 Å². The van der Waals surface area contributed by atoms with E-state index >= 15 is 0 Å². The predicted molar refractivity (Wildman–Crippen MR) is 104 cm³/mol. The standard InChI is InChI=1S/C20H25N3O3S/c24-20(22-17-7-1-2-8-17)16-10-13-23(14-11-16)27(25,26)18-9-3-5-15-6-4-12-21-19(15)18/h3-6,9,12,16-17H,1-2,7-8,10-11,13-14H2,(H,22,24). The molecule has 2 heterocycles. The van der Waals surface area contributed by atoms with Crippen molar-refractivity contribution in [1.82, 2.24) is 14.6 Å². The summed E-state index contributed by atoms with van der Waals surface area (Å²) in [4.78, 5) is 17.0. The number of carbonyl (C=O) groups is 1. The summed E-state index contributed by atoms with van der Waals surface area (Å²) >= 11 is 0. The van der Waals surface area contributed by atoms with Crippen LogP contribution in [0.3, 0.4) is 0 Å². The molecule has 1 saturated heterocycles. The maximum absolute atomic E-state index is 13.1. The van der Waals surface area contributed by atoms with Gasteiger partial charge in [-0.15, -0.1) is 0 Å². The summed E-state index contributed by atoms with van der Waals surface area (Å²) < 4.78 is 27.8. The van der Waals surface area contributed by atoms with E-state index in [1.165, 1.54) is 17.1 Å². The number of aromatic nitrogens is 1. The van der Waals surface area contributed by atoms with Crippen LogP contribution in [-0.2, 0) is 14.8 Å². The van der Waals surface area contributed by atoms with Gasteiger partial charge in [-0.3, -0.25) is 9.78 Å². The quantitative estimate of drug-likeness (QED) is 0.875. The molecule has 0 spiro atoms. The van der Waals surface area contributed by atoms with Crippen molar-refractivity contribution in [3.63, 3.8) is 0 Å². The molecule has 0 atom stereocenters. The Morgan fingerprint density at radius 1 is 1.04 bits per heavy atom. The first-order valence-corrected chi connectivity index (χ1v) is 11.1. The molecule has 2 aliphatic rings. The minimum Gasteiger partial charge on any atom is -0.353 e. The topological polar surface area (TPSA) is 79.4 Å². The number of piperidine rings is 1. The summed E-state index contributed by atoms with van der Waals surface area (Å²) in [6, 6.07) is 9.19.